The number of rotatable bonds is 9. The zero-order chi connectivity index (χ0) is 23.3. The Morgan fingerprint density at radius 3 is 2.30 bits per heavy atom. The van der Waals surface area contributed by atoms with Crippen molar-refractivity contribution in [3.05, 3.63) is 65.7 Å². The van der Waals surface area contributed by atoms with Crippen molar-refractivity contribution in [2.24, 2.45) is 0 Å². The summed E-state index contributed by atoms with van der Waals surface area (Å²) in [7, 11) is -1.74. The minimum atomic E-state index is -3.37. The Labute approximate surface area is 198 Å². The molecule has 33 heavy (non-hydrogen) atoms. The van der Waals surface area contributed by atoms with Gasteiger partial charge in [0.25, 0.3) is 0 Å². The lowest BCUT2D eigenvalue weighted by Gasteiger charge is -2.33. The van der Waals surface area contributed by atoms with Gasteiger partial charge < -0.3 is 14.8 Å². The maximum absolute atomic E-state index is 12.7. The number of methoxy groups -OCH3 is 1. The van der Waals surface area contributed by atoms with Crippen molar-refractivity contribution in [3.63, 3.8) is 0 Å². The fourth-order valence-corrected chi connectivity index (χ4v) is 6.32. The first-order chi connectivity index (χ1) is 15.9. The molecule has 180 valence electrons. The van der Waals surface area contributed by atoms with E-state index in [1.807, 2.05) is 24.3 Å². The summed E-state index contributed by atoms with van der Waals surface area (Å²) in [6, 6.07) is 18.2. The van der Waals surface area contributed by atoms with Crippen molar-refractivity contribution < 1.29 is 17.9 Å². The van der Waals surface area contributed by atoms with Crippen molar-refractivity contribution in [2.75, 3.05) is 26.5 Å². The zero-order valence-corrected chi connectivity index (χ0v) is 20.5. The summed E-state index contributed by atoms with van der Waals surface area (Å²) < 4.78 is 38.6. The van der Waals surface area contributed by atoms with Crippen LogP contribution < -0.4 is 10.1 Å². The highest BCUT2D eigenvalue weighted by Crippen LogP contribution is 2.34. The maximum atomic E-state index is 12.7. The normalized spacial score (nSPS) is 25.9. The third-order valence-corrected chi connectivity index (χ3v) is 8.31. The summed E-state index contributed by atoms with van der Waals surface area (Å²) >= 11 is 0. The number of hydrogen-bond donors (Lipinski definition) is 1. The SMILES string of the molecule is COc1ccc(CN([C@H]2CCN[C@H]2CO[C@H]2CC[C@@H](c3ccccc3)CC2)S(C)(=O)=O)cc1. The lowest BCUT2D eigenvalue weighted by molar-refractivity contribution is 0.00803. The zero-order valence-electron chi connectivity index (χ0n) is 19.7. The highest BCUT2D eigenvalue weighted by Gasteiger charge is 2.37. The van der Waals surface area contributed by atoms with Gasteiger partial charge >= 0.3 is 0 Å². The highest BCUT2D eigenvalue weighted by atomic mass is 32.2. The van der Waals surface area contributed by atoms with Crippen LogP contribution in [0.25, 0.3) is 0 Å². The van der Waals surface area contributed by atoms with Gasteiger partial charge in [0, 0.05) is 18.6 Å². The quantitative estimate of drug-likeness (QED) is 0.599. The number of benzene rings is 2. The predicted molar refractivity (Wildman–Crippen MR) is 131 cm³/mol. The summed E-state index contributed by atoms with van der Waals surface area (Å²) in [5.74, 6) is 1.38. The molecule has 2 aliphatic rings. The molecule has 1 saturated carbocycles. The van der Waals surface area contributed by atoms with E-state index in [9.17, 15) is 8.42 Å². The van der Waals surface area contributed by atoms with Gasteiger partial charge in [0.1, 0.15) is 5.75 Å². The van der Waals surface area contributed by atoms with Gasteiger partial charge in [-0.05, 0) is 67.8 Å². The number of nitrogens with zero attached hydrogens (tertiary/aromatic N) is 1. The third kappa shape index (κ3) is 6.35. The van der Waals surface area contributed by atoms with E-state index in [0.717, 1.165) is 50.0 Å². The molecule has 1 saturated heterocycles. The van der Waals surface area contributed by atoms with E-state index in [1.165, 1.54) is 11.8 Å². The highest BCUT2D eigenvalue weighted by molar-refractivity contribution is 7.88. The number of hydrogen-bond acceptors (Lipinski definition) is 5. The van der Waals surface area contributed by atoms with Gasteiger partial charge in [-0.2, -0.15) is 4.31 Å². The van der Waals surface area contributed by atoms with E-state index >= 15 is 0 Å². The second-order valence-corrected chi connectivity index (χ2v) is 11.2. The molecule has 6 nitrogen and oxygen atoms in total. The van der Waals surface area contributed by atoms with Crippen LogP contribution in [-0.4, -0.2) is 57.4 Å². The standard InChI is InChI=1S/C26H36N2O4S/c1-31-23-12-8-20(9-13-23)18-28(33(2,29)30)26-16-17-27-25(26)19-32-24-14-10-22(11-15-24)21-6-4-3-5-7-21/h3-9,12-13,22,24-27H,10-11,14-19H2,1-2H3/t22-,24+,25-,26-/m0/s1. The van der Waals surface area contributed by atoms with Gasteiger partial charge in [0.2, 0.25) is 10.0 Å². The third-order valence-electron chi connectivity index (χ3n) is 7.06. The average Bonchev–Trinajstić information content (AvgIpc) is 3.30. The van der Waals surface area contributed by atoms with Crippen LogP contribution in [0.2, 0.25) is 0 Å². The maximum Gasteiger partial charge on any atom is 0.211 e. The van der Waals surface area contributed by atoms with Crippen LogP contribution in [0.3, 0.4) is 0 Å². The van der Waals surface area contributed by atoms with Gasteiger partial charge in [-0.25, -0.2) is 8.42 Å². The minimum absolute atomic E-state index is 0.00446. The number of sulfonamides is 1. The molecule has 2 atom stereocenters. The Morgan fingerprint density at radius 2 is 1.67 bits per heavy atom. The van der Waals surface area contributed by atoms with Crippen molar-refractivity contribution in [1.29, 1.82) is 0 Å². The van der Waals surface area contributed by atoms with Crippen LogP contribution in [0.4, 0.5) is 0 Å². The molecule has 0 radical (unpaired) electrons. The fraction of sp³-hybridized carbons (Fsp3) is 0.538. The first-order valence-electron chi connectivity index (χ1n) is 11.9. The van der Waals surface area contributed by atoms with Gasteiger partial charge in [0.15, 0.2) is 0 Å². The lowest BCUT2D eigenvalue weighted by Crippen LogP contribution is -2.48. The van der Waals surface area contributed by atoms with Crippen molar-refractivity contribution in [1.82, 2.24) is 9.62 Å². The second kappa shape index (κ2) is 11.0. The molecule has 7 heteroatoms. The molecule has 1 aliphatic carbocycles. The van der Waals surface area contributed by atoms with Crippen molar-refractivity contribution in [3.8, 4) is 5.75 Å². The Kier molecular flexibility index (Phi) is 8.07. The molecule has 0 spiro atoms. The first-order valence-corrected chi connectivity index (χ1v) is 13.8. The Bertz CT molecular complexity index is 973. The number of ether oxygens (including phenoxy) is 2. The topological polar surface area (TPSA) is 67.9 Å². The summed E-state index contributed by atoms with van der Waals surface area (Å²) in [4.78, 5) is 0. The van der Waals surface area contributed by atoms with Crippen LogP contribution in [-0.2, 0) is 21.3 Å². The van der Waals surface area contributed by atoms with E-state index in [0.29, 0.717) is 19.1 Å². The molecule has 0 unspecified atom stereocenters. The second-order valence-electron chi connectivity index (χ2n) is 9.29. The molecule has 1 aliphatic heterocycles. The Balaban J connectivity index is 1.33. The van der Waals surface area contributed by atoms with Crippen molar-refractivity contribution >= 4 is 10.0 Å². The predicted octanol–water partition coefficient (Wildman–Crippen LogP) is 3.93. The summed E-state index contributed by atoms with van der Waals surface area (Å²) in [6.07, 6.45) is 6.74. The van der Waals surface area contributed by atoms with E-state index in [4.69, 9.17) is 9.47 Å². The molecule has 4 rings (SSSR count). The average molecular weight is 473 g/mol. The molecule has 1 heterocycles. The summed E-state index contributed by atoms with van der Waals surface area (Å²) in [6.45, 7) is 1.70. The molecule has 2 aromatic rings. The molecule has 0 bridgehead atoms. The minimum Gasteiger partial charge on any atom is -0.497 e. The van der Waals surface area contributed by atoms with Crippen LogP contribution >= 0.6 is 0 Å². The summed E-state index contributed by atoms with van der Waals surface area (Å²) in [5.41, 5.74) is 2.38. The Hall–Kier alpha value is -1.93. The van der Waals surface area contributed by atoms with Gasteiger partial charge in [-0.3, -0.25) is 0 Å². The largest absolute Gasteiger partial charge is 0.497 e. The van der Waals surface area contributed by atoms with Crippen LogP contribution in [0, 0.1) is 0 Å². The van der Waals surface area contributed by atoms with E-state index in [1.54, 1.807) is 11.4 Å². The van der Waals surface area contributed by atoms with E-state index in [2.05, 4.69) is 35.6 Å². The van der Waals surface area contributed by atoms with Crippen LogP contribution in [0.5, 0.6) is 5.75 Å². The van der Waals surface area contributed by atoms with Gasteiger partial charge in [-0.15, -0.1) is 0 Å². The smallest absolute Gasteiger partial charge is 0.211 e. The molecular weight excluding hydrogens is 436 g/mol. The first kappa shape index (κ1) is 24.2. The summed E-state index contributed by atoms with van der Waals surface area (Å²) in [5, 5.41) is 3.49. The molecule has 1 N–H and O–H groups in total. The fourth-order valence-electron chi connectivity index (χ4n) is 5.19. The van der Waals surface area contributed by atoms with E-state index < -0.39 is 10.0 Å². The molecule has 2 aromatic carbocycles. The monoisotopic (exact) mass is 472 g/mol. The molecular formula is C26H36N2O4S. The molecule has 0 amide bonds. The van der Waals surface area contributed by atoms with Crippen molar-refractivity contribution in [2.45, 2.75) is 62.8 Å². The molecule has 2 fully saturated rings. The van der Waals surface area contributed by atoms with Gasteiger partial charge in [-0.1, -0.05) is 42.5 Å². The Morgan fingerprint density at radius 1 is 0.970 bits per heavy atom. The number of nitrogens with one attached hydrogen (secondary N) is 1. The van der Waals surface area contributed by atoms with Crippen LogP contribution in [0.1, 0.15) is 49.1 Å². The molecule has 0 aromatic heterocycles. The van der Waals surface area contributed by atoms with E-state index in [-0.39, 0.29) is 18.2 Å². The van der Waals surface area contributed by atoms with Crippen LogP contribution in [0.15, 0.2) is 54.6 Å². The van der Waals surface area contributed by atoms with Gasteiger partial charge in [0.05, 0.1) is 26.1 Å². The lowest BCUT2D eigenvalue weighted by atomic mass is 9.83.